The van der Waals surface area contributed by atoms with Gasteiger partial charge in [-0.1, -0.05) is 92.8 Å². The van der Waals surface area contributed by atoms with Gasteiger partial charge in [-0.05, 0) is 127 Å². The first-order chi connectivity index (χ1) is 26.4. The molecule has 8 nitrogen and oxygen atoms in total. The maximum atomic E-state index is 7.00. The van der Waals surface area contributed by atoms with Crippen molar-refractivity contribution in [3.05, 3.63) is 76.0 Å². The molecule has 0 spiro atoms. The Balaban J connectivity index is 1.61. The molecule has 4 aromatic carbocycles. The lowest BCUT2D eigenvalue weighted by atomic mass is 10.1. The average Bonchev–Trinajstić information content (AvgIpc) is 3.92. The van der Waals surface area contributed by atoms with Gasteiger partial charge in [0.15, 0.2) is 23.3 Å². The molecule has 5 heterocycles. The summed E-state index contributed by atoms with van der Waals surface area (Å²) in [5, 5.41) is 3.37. The summed E-state index contributed by atoms with van der Waals surface area (Å²) in [7, 11) is 0. The molecule has 3 aromatic heterocycles. The van der Waals surface area contributed by atoms with E-state index in [2.05, 4.69) is 137 Å². The number of rotatable bonds is 0. The number of aromatic amines is 2. The van der Waals surface area contributed by atoms with Crippen molar-refractivity contribution in [1.29, 1.82) is 0 Å². The zero-order valence-electron chi connectivity index (χ0n) is 25.7. The molecule has 0 unspecified atom stereocenters. The van der Waals surface area contributed by atoms with Gasteiger partial charge in [-0.2, -0.15) is 0 Å². The summed E-state index contributed by atoms with van der Waals surface area (Å²) >= 11 is 84.0. The summed E-state index contributed by atoms with van der Waals surface area (Å²) in [5.74, 6) is 0.664. The molecule has 2 N–H and O–H groups in total. The van der Waals surface area contributed by atoms with Gasteiger partial charge in [0.05, 0.1) is 69.2 Å². The molecule has 0 fully saturated rings. The van der Waals surface area contributed by atoms with Gasteiger partial charge >= 0.3 is 0 Å². The topological polar surface area (TPSA) is 109 Å². The normalized spacial score (nSPS) is 12.3. The third-order valence-electron chi connectivity index (χ3n) is 8.68. The monoisotopic (exact) mass is 1410 g/mol. The number of nitrogens with zero attached hydrogens (tertiary/aromatic N) is 6. The minimum Gasteiger partial charge on any atom is -0.324 e. The largest absolute Gasteiger partial charge is 0.324 e. The standard InChI is InChI=1S/C32H2Br8Cl8N8/c33-9-1-5(17(41)21(45)13(9)37)29-49-25(1)53-30-6-2(10(34)14(38)22(46)18(6)42)27(50-30)55-32-8-4(12(36)16(40)24(48)20(8)44)28(52-32)56-31-7-3(26(51-31)54-29)11(35)15(39)23(47)19(7)43/h(H2,49,50,51,52,53,54,55,56). The number of H-pyrrole nitrogens is 2. The molecule has 0 atom stereocenters. The van der Waals surface area contributed by atoms with E-state index < -0.39 is 0 Å². The zero-order chi connectivity index (χ0) is 40.1. The number of fused-ring (bicyclic) bond motifs is 20. The van der Waals surface area contributed by atoms with Crippen LogP contribution in [0, 0.1) is 0 Å². The van der Waals surface area contributed by atoms with Gasteiger partial charge in [-0.25, -0.2) is 29.9 Å². The highest BCUT2D eigenvalue weighted by atomic mass is 79.9. The Morgan fingerprint density at radius 2 is 0.536 bits per heavy atom. The zero-order valence-corrected chi connectivity index (χ0v) is 44.5. The van der Waals surface area contributed by atoms with Crippen molar-refractivity contribution in [3.8, 4) is 45.6 Å². The van der Waals surface area contributed by atoms with Crippen LogP contribution in [0.1, 0.15) is 0 Å². The number of hydrogen-bond acceptors (Lipinski definition) is 6. The molecule has 2 aliphatic heterocycles. The summed E-state index contributed by atoms with van der Waals surface area (Å²) in [4.78, 5) is 36.6. The highest BCUT2D eigenvalue weighted by Crippen LogP contribution is 2.54. The Kier molecular flexibility index (Phi) is 11.2. The summed E-state index contributed by atoms with van der Waals surface area (Å²) in [5.41, 5.74) is 2.73. The van der Waals surface area contributed by atoms with Crippen molar-refractivity contribution in [2.24, 2.45) is 0 Å². The molecule has 282 valence electrons. The Bertz CT molecular complexity index is 2830. The van der Waals surface area contributed by atoms with Crippen LogP contribution in [0.4, 0.5) is 0 Å². The Morgan fingerprint density at radius 3 is 0.875 bits per heavy atom. The molecule has 0 saturated carbocycles. The summed E-state index contributed by atoms with van der Waals surface area (Å²) in [6, 6.07) is 0. The number of benzene rings is 4. The lowest BCUT2D eigenvalue weighted by Crippen LogP contribution is -1.89. The summed E-state index contributed by atoms with van der Waals surface area (Å²) in [6.45, 7) is 0. The highest BCUT2D eigenvalue weighted by Gasteiger charge is 2.33. The van der Waals surface area contributed by atoms with Gasteiger partial charge in [-0.3, -0.25) is 0 Å². The molecule has 24 heteroatoms. The van der Waals surface area contributed by atoms with Crippen LogP contribution in [-0.2, 0) is 0 Å². The Hall–Kier alpha value is 0.400. The quantitative estimate of drug-likeness (QED) is 0.116. The maximum Gasteiger partial charge on any atom is 0.166 e. The fraction of sp³-hybridized carbons (Fsp3) is 0. The molecule has 9 rings (SSSR count). The van der Waals surface area contributed by atoms with Crippen LogP contribution in [0.2, 0.25) is 40.2 Å². The second-order valence-corrected chi connectivity index (χ2v) is 21.0. The molecular formula is C32H2Br8Cl8N8. The number of hydrogen-bond donors (Lipinski definition) is 2. The van der Waals surface area contributed by atoms with E-state index in [0.717, 1.165) is 0 Å². The second kappa shape index (κ2) is 15.0. The van der Waals surface area contributed by atoms with Crippen LogP contribution in [-0.4, -0.2) is 39.9 Å². The molecule has 0 aliphatic carbocycles. The lowest BCUT2D eigenvalue weighted by Gasteiger charge is -2.10. The molecule has 0 radical (unpaired) electrons. The molecule has 0 saturated heterocycles. The predicted octanol–water partition coefficient (Wildman–Crippen LogP) is 18.2. The van der Waals surface area contributed by atoms with Crippen LogP contribution < -0.4 is 0 Å². The summed E-state index contributed by atoms with van der Waals surface area (Å²) in [6.07, 6.45) is 0. The van der Waals surface area contributed by atoms with Gasteiger partial charge in [0.1, 0.15) is 22.6 Å². The van der Waals surface area contributed by atoms with E-state index in [4.69, 9.17) is 123 Å². The average molecular weight is 1420 g/mol. The minimum atomic E-state index is 0.149. The van der Waals surface area contributed by atoms with Gasteiger partial charge in [-0.15, -0.1) is 0 Å². The minimum absolute atomic E-state index is 0.149. The highest BCUT2D eigenvalue weighted by molar-refractivity contribution is 9.14. The van der Waals surface area contributed by atoms with Crippen LogP contribution in [0.15, 0.2) is 35.8 Å². The van der Waals surface area contributed by atoms with Gasteiger partial charge in [0, 0.05) is 50.6 Å². The third-order valence-corrected chi connectivity index (χ3v) is 21.5. The smallest absolute Gasteiger partial charge is 0.166 e. The van der Waals surface area contributed by atoms with Crippen molar-refractivity contribution in [2.45, 2.75) is 0 Å². The van der Waals surface area contributed by atoms with Gasteiger partial charge < -0.3 is 9.97 Å². The molecule has 0 amide bonds. The van der Waals surface area contributed by atoms with E-state index in [1.54, 1.807) is 0 Å². The number of halogens is 16. The van der Waals surface area contributed by atoms with E-state index in [9.17, 15) is 0 Å². The van der Waals surface area contributed by atoms with E-state index in [1.165, 1.54) is 0 Å². The first-order valence-corrected chi connectivity index (χ1v) is 24.1. The molecule has 2 aliphatic rings. The predicted molar refractivity (Wildman–Crippen MR) is 258 cm³/mol. The van der Waals surface area contributed by atoms with Crippen LogP contribution in [0.3, 0.4) is 0 Å². The molecular weight excluding hydrogens is 1420 g/mol. The van der Waals surface area contributed by atoms with Crippen molar-refractivity contribution in [1.82, 2.24) is 39.9 Å². The molecule has 7 aromatic rings. The lowest BCUT2D eigenvalue weighted by molar-refractivity contribution is 1.19. The first kappa shape index (κ1) is 41.7. The van der Waals surface area contributed by atoms with Crippen molar-refractivity contribution in [2.75, 3.05) is 0 Å². The maximum absolute atomic E-state index is 7.00. The Morgan fingerprint density at radius 1 is 0.268 bits per heavy atom. The van der Waals surface area contributed by atoms with Crippen molar-refractivity contribution < 1.29 is 0 Å². The third kappa shape index (κ3) is 6.03. The fourth-order valence-corrected chi connectivity index (χ4v) is 12.9. The second-order valence-electron chi connectivity index (χ2n) is 11.6. The van der Waals surface area contributed by atoms with Gasteiger partial charge in [0.2, 0.25) is 0 Å². The van der Waals surface area contributed by atoms with E-state index in [-0.39, 0.29) is 86.1 Å². The van der Waals surface area contributed by atoms with Crippen LogP contribution in [0.25, 0.3) is 89.7 Å². The van der Waals surface area contributed by atoms with Crippen molar-refractivity contribution >= 4 is 264 Å². The van der Waals surface area contributed by atoms with Crippen LogP contribution in [0.5, 0.6) is 0 Å². The number of aromatic nitrogens is 8. The Labute approximate surface area is 419 Å². The van der Waals surface area contributed by atoms with Crippen molar-refractivity contribution in [3.63, 3.8) is 0 Å². The summed E-state index contributed by atoms with van der Waals surface area (Å²) < 4.78 is 3.95. The van der Waals surface area contributed by atoms with E-state index >= 15 is 0 Å². The van der Waals surface area contributed by atoms with E-state index in [1.807, 2.05) is 0 Å². The fourth-order valence-electron chi connectivity index (χ4n) is 6.24. The SMILES string of the molecule is Clc1c(Cl)c2c(c(Br)c1Br)-c1nc-2nc2[nH]c(nc3nc(nc4[nH]c(n1)c1c(Cl)c(Cl)c(Br)c(Br)c41)-c1c(Cl)c(Cl)c(Br)c(Br)c1-3)c1c(Cl)c(Cl)c(Br)c(Br)c21. The molecule has 8 bridgehead atoms. The molecule has 56 heavy (non-hydrogen) atoms. The van der Waals surface area contributed by atoms with Crippen LogP contribution >= 0.6 is 220 Å². The first-order valence-electron chi connectivity index (χ1n) is 14.7. The van der Waals surface area contributed by atoms with E-state index in [0.29, 0.717) is 79.6 Å². The van der Waals surface area contributed by atoms with Gasteiger partial charge in [0.25, 0.3) is 0 Å². The number of nitrogens with one attached hydrogen (secondary N) is 2.